The van der Waals surface area contributed by atoms with Crippen molar-refractivity contribution in [3.8, 4) is 22.8 Å². The van der Waals surface area contributed by atoms with Gasteiger partial charge in [0.1, 0.15) is 5.75 Å². The normalized spacial score (nSPS) is 11.1. The number of para-hydroxylation sites is 4. The van der Waals surface area contributed by atoms with Crippen LogP contribution in [0.15, 0.2) is 189 Å². The average molecular weight is 1310 g/mol. The highest BCUT2D eigenvalue weighted by Crippen LogP contribution is 2.34. The van der Waals surface area contributed by atoms with E-state index in [1.54, 1.807) is 146 Å². The summed E-state index contributed by atoms with van der Waals surface area (Å²) in [7, 11) is 3.65. The van der Waals surface area contributed by atoms with Gasteiger partial charge in [0.2, 0.25) is 5.91 Å². The van der Waals surface area contributed by atoms with Crippen LogP contribution in [0.3, 0.4) is 0 Å². The van der Waals surface area contributed by atoms with Crippen molar-refractivity contribution in [2.75, 3.05) is 53.4 Å². The van der Waals surface area contributed by atoms with Crippen LogP contribution in [-0.2, 0) is 41.0 Å². The van der Waals surface area contributed by atoms with Crippen LogP contribution >= 0.6 is 0 Å². The molecule has 9 rings (SSSR count). The first-order chi connectivity index (χ1) is 45.0. The number of carbonyl (C=O) groups excluding carboxylic acids is 5. The van der Waals surface area contributed by atoms with Gasteiger partial charge in [0.05, 0.1) is 33.8 Å². The van der Waals surface area contributed by atoms with Crippen LogP contribution in [0.4, 0.5) is 39.5 Å². The minimum atomic E-state index is -4.79. The number of carbonyl (C=O) groups is 5. The molecule has 6 N–H and O–H groups in total. The second-order valence-electron chi connectivity index (χ2n) is 20.2. The lowest BCUT2D eigenvalue weighted by Crippen LogP contribution is -2.30. The highest BCUT2D eigenvalue weighted by atomic mass is 19.4. The minimum Gasteiger partial charge on any atom is -0.427 e. The molecule has 29 heteroatoms. The monoisotopic (exact) mass is 1310 g/mol. The van der Waals surface area contributed by atoms with Gasteiger partial charge in [0.15, 0.2) is 17.1 Å². The molecule has 496 valence electrons. The van der Waals surface area contributed by atoms with Crippen molar-refractivity contribution in [2.24, 2.45) is 5.73 Å². The molecule has 20 nitrogen and oxygen atoms in total. The number of pyridine rings is 2. The van der Waals surface area contributed by atoms with E-state index in [1.165, 1.54) is 5.56 Å². The van der Waals surface area contributed by atoms with E-state index in [0.29, 0.717) is 42.2 Å². The molecular weight excluding hydrogens is 1240 g/mol. The molecule has 0 unspecified atom stereocenters. The van der Waals surface area contributed by atoms with Gasteiger partial charge in [0, 0.05) is 96.0 Å². The number of likely N-dealkylation sites (N-methyl/N-ethyl adjacent to an activating group) is 2. The number of aromatic nitrogens is 8. The summed E-state index contributed by atoms with van der Waals surface area (Å²) >= 11 is 0. The van der Waals surface area contributed by atoms with Gasteiger partial charge in [-0.3, -0.25) is 33.9 Å². The number of halogens is 9. The summed E-state index contributed by atoms with van der Waals surface area (Å²) in [5.74, 6) is -2.86. The van der Waals surface area contributed by atoms with Crippen LogP contribution in [0.25, 0.3) is 17.1 Å². The highest BCUT2D eigenvalue weighted by Gasteiger charge is 2.41. The number of nitrogens with two attached hydrogens (primary N) is 1. The second kappa shape index (κ2) is 35.9. The summed E-state index contributed by atoms with van der Waals surface area (Å²) in [6.45, 7) is 1.87. The number of esters is 1. The molecule has 0 saturated heterocycles. The fourth-order valence-electron chi connectivity index (χ4n) is 8.39. The largest absolute Gasteiger partial charge is 0.435 e. The Kier molecular flexibility index (Phi) is 27.7. The smallest absolute Gasteiger partial charge is 0.427 e. The molecule has 94 heavy (non-hydrogen) atoms. The Hall–Kier alpha value is -10.6. The molecule has 0 aliphatic rings. The van der Waals surface area contributed by atoms with Crippen molar-refractivity contribution in [2.45, 2.75) is 57.1 Å². The fraction of sp³-hybridized carbons (Fsp3) is 0.262. The van der Waals surface area contributed by atoms with E-state index in [4.69, 9.17) is 10.5 Å². The number of benzene rings is 4. The van der Waals surface area contributed by atoms with Crippen LogP contribution in [0, 0.1) is 0 Å². The number of hydrogen-bond acceptors (Lipinski definition) is 13. The predicted molar refractivity (Wildman–Crippen MR) is 330 cm³/mol. The molecule has 0 radical (unpaired) electrons. The van der Waals surface area contributed by atoms with E-state index in [9.17, 15) is 63.5 Å². The van der Waals surface area contributed by atoms with E-state index >= 15 is 0 Å². The maximum atomic E-state index is 13.4. The molecular formula is C65H67F9N14O6. The Labute approximate surface area is 534 Å². The number of alkyl halides is 9. The van der Waals surface area contributed by atoms with Gasteiger partial charge in [-0.25, -0.2) is 14.0 Å². The van der Waals surface area contributed by atoms with Crippen molar-refractivity contribution in [3.05, 3.63) is 234 Å². The number of ether oxygens (including phenoxy) is 1. The summed E-state index contributed by atoms with van der Waals surface area (Å²) in [6.07, 6.45) is -1.63. The Morgan fingerprint density at radius 2 is 0.830 bits per heavy atom. The van der Waals surface area contributed by atoms with Gasteiger partial charge >= 0.3 is 24.5 Å². The standard InChI is InChI=1S/C23H24F3N5O2.C21H18F3N3O3.C13H13F3N4O.C8H12N2/c1-30(15-11-17-9-13-27-14-10-17)20(32)8-5-12-28-22(33)19-16-31(18-6-3-2-4-7-18)29-21(19)23(24,25)26;22-21(23,24)19-17(14-27(26-19)15-8-3-1-4-9-15)20(29)25-13-7-12-18(28)30-16-10-5-2-6-11-16;14-13(15,16)11-10(12(21)18-7-6-17)8-20(19-11)9-4-2-1-3-5-9;1-9-5-2-8-3-6-10-7-4-8/h2-4,6-7,9-10,13-14,16H,5,8,11-12,15H2,1H3,(H,28,33);1-6,8-11,14H,7,12-13H2,(H,25,29);1-5,8H,6-7,17H2,(H,18,21);3-4,6-7,9H,2,5H2,1H3. The Bertz CT molecular complexity index is 3780. The highest BCUT2D eigenvalue weighted by molar-refractivity contribution is 5.96. The maximum Gasteiger partial charge on any atom is 0.435 e. The van der Waals surface area contributed by atoms with Crippen molar-refractivity contribution in [1.82, 2.24) is 65.5 Å². The van der Waals surface area contributed by atoms with Crippen molar-refractivity contribution >= 4 is 29.6 Å². The topological polar surface area (TPSA) is 251 Å². The van der Waals surface area contributed by atoms with Gasteiger partial charge in [-0.1, -0.05) is 72.8 Å². The molecule has 0 atom stereocenters. The van der Waals surface area contributed by atoms with Crippen LogP contribution in [0.2, 0.25) is 0 Å². The minimum absolute atomic E-state index is 0.00454. The molecule has 4 amide bonds. The fourth-order valence-corrected chi connectivity index (χ4v) is 8.39. The first-order valence-corrected chi connectivity index (χ1v) is 29.1. The Morgan fingerprint density at radius 3 is 1.19 bits per heavy atom. The van der Waals surface area contributed by atoms with E-state index in [2.05, 4.69) is 46.5 Å². The number of amides is 4. The predicted octanol–water partition coefficient (Wildman–Crippen LogP) is 9.93. The Morgan fingerprint density at radius 1 is 0.479 bits per heavy atom. The lowest BCUT2D eigenvalue weighted by molar-refractivity contribution is -0.142. The third-order valence-corrected chi connectivity index (χ3v) is 13.2. The molecule has 4 aromatic carbocycles. The number of nitrogens with one attached hydrogen (secondary N) is 4. The Balaban J connectivity index is 0.000000211. The number of rotatable bonds is 23. The lowest BCUT2D eigenvalue weighted by atomic mass is 10.2. The number of hydrogen-bond donors (Lipinski definition) is 5. The van der Waals surface area contributed by atoms with Gasteiger partial charge in [-0.15, -0.1) is 0 Å². The van der Waals surface area contributed by atoms with Crippen LogP contribution in [0.1, 0.15) is 85.0 Å². The molecule has 5 aromatic heterocycles. The molecule has 0 bridgehead atoms. The van der Waals surface area contributed by atoms with Crippen LogP contribution in [-0.4, -0.2) is 127 Å². The summed E-state index contributed by atoms with van der Waals surface area (Å²) in [6, 6.07) is 40.9. The van der Waals surface area contributed by atoms with Gasteiger partial charge in [-0.2, -0.15) is 54.8 Å². The quantitative estimate of drug-likeness (QED) is 0.0173. The van der Waals surface area contributed by atoms with Gasteiger partial charge < -0.3 is 36.6 Å². The van der Waals surface area contributed by atoms with Crippen molar-refractivity contribution in [3.63, 3.8) is 0 Å². The molecule has 0 saturated carbocycles. The first-order valence-electron chi connectivity index (χ1n) is 29.1. The molecule has 0 fully saturated rings. The maximum absolute atomic E-state index is 13.4. The summed E-state index contributed by atoms with van der Waals surface area (Å²) in [5, 5.41) is 20.8. The second-order valence-corrected chi connectivity index (χ2v) is 20.2. The number of nitrogens with zero attached hydrogens (tertiary/aromatic N) is 9. The zero-order valence-corrected chi connectivity index (χ0v) is 50.8. The van der Waals surface area contributed by atoms with Gasteiger partial charge in [0.25, 0.3) is 17.7 Å². The average Bonchev–Trinajstić information content (AvgIpc) is 1.68. The summed E-state index contributed by atoms with van der Waals surface area (Å²) in [4.78, 5) is 70.0. The van der Waals surface area contributed by atoms with Crippen molar-refractivity contribution < 1.29 is 68.2 Å². The third kappa shape index (κ3) is 23.3. The molecule has 5 heterocycles. The summed E-state index contributed by atoms with van der Waals surface area (Å²) in [5.41, 5.74) is 3.43. The molecule has 0 aliphatic carbocycles. The van der Waals surface area contributed by atoms with Crippen molar-refractivity contribution in [1.29, 1.82) is 0 Å². The summed E-state index contributed by atoms with van der Waals surface area (Å²) < 4.78 is 127. The van der Waals surface area contributed by atoms with E-state index < -0.39 is 76.0 Å². The molecule has 0 spiro atoms. The zero-order chi connectivity index (χ0) is 68.1. The van der Waals surface area contributed by atoms with Gasteiger partial charge in [-0.05, 0) is 123 Å². The van der Waals surface area contributed by atoms with Crippen LogP contribution < -0.4 is 31.7 Å². The van der Waals surface area contributed by atoms with E-state index in [-0.39, 0.29) is 51.3 Å². The van der Waals surface area contributed by atoms with Crippen LogP contribution in [0.5, 0.6) is 5.75 Å². The molecule has 0 aliphatic heterocycles. The van der Waals surface area contributed by atoms with E-state index in [0.717, 1.165) is 51.2 Å². The molecule has 9 aromatic rings. The van der Waals surface area contributed by atoms with E-state index in [1.807, 2.05) is 43.7 Å². The SMILES string of the molecule is CN(CCc1ccncc1)C(=O)CCCNC(=O)c1cn(-c2ccccc2)nc1C(F)(F)F.CNCCc1ccncc1.NCCNC(=O)c1cn(-c2ccccc2)nc1C(F)(F)F.O=C(CCCNC(=O)c1cn(-c2ccccc2)nc1C(F)(F)F)Oc1ccccc1. The lowest BCUT2D eigenvalue weighted by Gasteiger charge is -2.17. The zero-order valence-electron chi connectivity index (χ0n) is 50.8. The first kappa shape index (κ1) is 72.5. The third-order valence-electron chi connectivity index (χ3n) is 13.2.